The fraction of sp³-hybridized carbons (Fsp3) is 0.550. The molecule has 6 heteroatoms. The predicted octanol–water partition coefficient (Wildman–Crippen LogP) is 4.73. The van der Waals surface area contributed by atoms with Crippen molar-refractivity contribution in [2.45, 2.75) is 56.9 Å². The molecule has 2 aliphatic carbocycles. The van der Waals surface area contributed by atoms with Gasteiger partial charge in [-0.3, -0.25) is 4.98 Å². The molecule has 2 aliphatic rings. The summed E-state index contributed by atoms with van der Waals surface area (Å²) in [5.41, 5.74) is 3.99. The van der Waals surface area contributed by atoms with Crippen LogP contribution in [0.5, 0.6) is 11.5 Å². The van der Waals surface area contributed by atoms with Crippen LogP contribution in [0.3, 0.4) is 0 Å². The summed E-state index contributed by atoms with van der Waals surface area (Å²) < 4.78 is 38.6. The minimum atomic E-state index is -2.58. The summed E-state index contributed by atoms with van der Waals surface area (Å²) >= 11 is 0. The fourth-order valence-electron chi connectivity index (χ4n) is 4.25. The van der Waals surface area contributed by atoms with E-state index in [-0.39, 0.29) is 18.9 Å². The first-order chi connectivity index (χ1) is 12.5. The molecular weight excluding hydrogens is 338 g/mol. The van der Waals surface area contributed by atoms with Crippen LogP contribution < -0.4 is 14.8 Å². The summed E-state index contributed by atoms with van der Waals surface area (Å²) in [6.45, 7) is 0. The number of nitrogens with one attached hydrogen (secondary N) is 1. The maximum atomic E-state index is 13.9. The number of aromatic nitrogens is 1. The van der Waals surface area contributed by atoms with E-state index in [1.165, 1.54) is 5.56 Å². The highest BCUT2D eigenvalue weighted by Crippen LogP contribution is 2.41. The van der Waals surface area contributed by atoms with Crippen molar-refractivity contribution >= 4 is 16.6 Å². The molecule has 1 atom stereocenters. The van der Waals surface area contributed by atoms with E-state index in [2.05, 4.69) is 5.32 Å². The van der Waals surface area contributed by atoms with Gasteiger partial charge in [-0.2, -0.15) is 0 Å². The maximum Gasteiger partial charge on any atom is 0.250 e. The van der Waals surface area contributed by atoms with E-state index in [0.29, 0.717) is 17.9 Å². The van der Waals surface area contributed by atoms with Crippen LogP contribution in [0.2, 0.25) is 0 Å². The van der Waals surface area contributed by atoms with Gasteiger partial charge in [-0.05, 0) is 43.7 Å². The number of anilines is 1. The van der Waals surface area contributed by atoms with E-state index in [0.717, 1.165) is 48.0 Å². The second-order valence-corrected chi connectivity index (χ2v) is 7.28. The van der Waals surface area contributed by atoms with Crippen LogP contribution in [0.15, 0.2) is 12.1 Å². The van der Waals surface area contributed by atoms with Gasteiger partial charge < -0.3 is 14.8 Å². The van der Waals surface area contributed by atoms with Crippen LogP contribution >= 0.6 is 0 Å². The van der Waals surface area contributed by atoms with Crippen LogP contribution in [0, 0.1) is 0 Å². The zero-order valence-electron chi connectivity index (χ0n) is 15.2. The van der Waals surface area contributed by atoms with Crippen molar-refractivity contribution in [2.75, 3.05) is 19.5 Å². The van der Waals surface area contributed by atoms with E-state index in [1.54, 1.807) is 14.2 Å². The smallest absolute Gasteiger partial charge is 0.250 e. The Hall–Kier alpha value is -2.11. The van der Waals surface area contributed by atoms with Crippen molar-refractivity contribution in [2.24, 2.45) is 0 Å². The lowest BCUT2D eigenvalue weighted by Gasteiger charge is -2.31. The van der Waals surface area contributed by atoms with Crippen LogP contribution in [0.1, 0.15) is 43.4 Å². The molecule has 2 aromatic rings. The molecule has 0 amide bonds. The van der Waals surface area contributed by atoms with Crippen molar-refractivity contribution in [3.05, 3.63) is 23.4 Å². The van der Waals surface area contributed by atoms with Gasteiger partial charge in [0.1, 0.15) is 0 Å². The van der Waals surface area contributed by atoms with E-state index in [1.807, 2.05) is 12.1 Å². The highest BCUT2D eigenvalue weighted by Gasteiger charge is 2.37. The zero-order chi connectivity index (χ0) is 18.3. The summed E-state index contributed by atoms with van der Waals surface area (Å²) in [6, 6.07) is 3.55. The number of benzene rings is 1. The van der Waals surface area contributed by atoms with Gasteiger partial charge in [0.25, 0.3) is 0 Å². The van der Waals surface area contributed by atoms with E-state index >= 15 is 0 Å². The monoisotopic (exact) mass is 362 g/mol. The van der Waals surface area contributed by atoms with Crippen LogP contribution in [-0.4, -0.2) is 31.2 Å². The van der Waals surface area contributed by atoms with Crippen molar-refractivity contribution in [3.63, 3.8) is 0 Å². The van der Waals surface area contributed by atoms with Gasteiger partial charge in [0.15, 0.2) is 11.5 Å². The third-order valence-electron chi connectivity index (χ3n) is 5.51. The average molecular weight is 362 g/mol. The lowest BCUT2D eigenvalue weighted by Crippen LogP contribution is -2.34. The molecule has 0 bridgehead atoms. The Bertz CT molecular complexity index is 838. The standard InChI is InChI=1S/C20H24F2N2O2/c1-25-17-9-14-16(10-18(17)26-2)24-15-7-3-6-13(15)19(14)23-12-5-4-8-20(21,22)11-12/h9-10,12H,3-8,11H2,1-2H3,(H,23,24)/t12-/m1/s1. The third kappa shape index (κ3) is 3.06. The number of ether oxygens (including phenoxy) is 2. The molecule has 0 saturated heterocycles. The fourth-order valence-corrected chi connectivity index (χ4v) is 4.25. The highest BCUT2D eigenvalue weighted by molar-refractivity contribution is 5.96. The SMILES string of the molecule is COc1cc2nc3c(c(N[C@@H]4CCCC(F)(F)C4)c2cc1OC)CCC3. The molecule has 140 valence electrons. The molecule has 26 heavy (non-hydrogen) atoms. The predicted molar refractivity (Wildman–Crippen MR) is 97.7 cm³/mol. The molecule has 1 aromatic carbocycles. The molecule has 1 fully saturated rings. The van der Waals surface area contributed by atoms with Gasteiger partial charge in [0.05, 0.1) is 19.7 Å². The second-order valence-electron chi connectivity index (χ2n) is 7.28. The van der Waals surface area contributed by atoms with E-state index < -0.39 is 5.92 Å². The number of fused-ring (bicyclic) bond motifs is 2. The molecule has 1 heterocycles. The normalized spacial score (nSPS) is 21.5. The quantitative estimate of drug-likeness (QED) is 0.854. The Labute approximate surface area is 151 Å². The number of halogens is 2. The van der Waals surface area contributed by atoms with Gasteiger partial charge in [0, 0.05) is 41.7 Å². The molecule has 0 radical (unpaired) electrons. The van der Waals surface area contributed by atoms with Crippen molar-refractivity contribution in [1.82, 2.24) is 4.98 Å². The minimum Gasteiger partial charge on any atom is -0.493 e. The number of pyridine rings is 1. The van der Waals surface area contributed by atoms with Crippen LogP contribution in [0.4, 0.5) is 14.5 Å². The largest absolute Gasteiger partial charge is 0.493 e. The van der Waals surface area contributed by atoms with Crippen molar-refractivity contribution < 1.29 is 18.3 Å². The average Bonchev–Trinajstić information content (AvgIpc) is 3.08. The number of hydrogen-bond donors (Lipinski definition) is 1. The minimum absolute atomic E-state index is 0.00853. The Morgan fingerprint density at radius 1 is 1.12 bits per heavy atom. The lowest BCUT2D eigenvalue weighted by molar-refractivity contribution is -0.0373. The Balaban J connectivity index is 1.81. The molecule has 1 saturated carbocycles. The number of methoxy groups -OCH3 is 2. The number of aryl methyl sites for hydroxylation is 1. The van der Waals surface area contributed by atoms with Gasteiger partial charge in [0.2, 0.25) is 5.92 Å². The Morgan fingerprint density at radius 2 is 1.88 bits per heavy atom. The molecule has 4 nitrogen and oxygen atoms in total. The van der Waals surface area contributed by atoms with Gasteiger partial charge >= 0.3 is 0 Å². The van der Waals surface area contributed by atoms with Crippen LogP contribution in [-0.2, 0) is 12.8 Å². The number of rotatable bonds is 4. The molecule has 0 spiro atoms. The van der Waals surface area contributed by atoms with E-state index in [9.17, 15) is 8.78 Å². The molecule has 0 unspecified atom stereocenters. The number of alkyl halides is 2. The van der Waals surface area contributed by atoms with Gasteiger partial charge in [-0.1, -0.05) is 0 Å². The summed E-state index contributed by atoms with van der Waals surface area (Å²) in [7, 11) is 3.19. The molecule has 0 aliphatic heterocycles. The highest BCUT2D eigenvalue weighted by atomic mass is 19.3. The van der Waals surface area contributed by atoms with Gasteiger partial charge in [-0.25, -0.2) is 8.78 Å². The van der Waals surface area contributed by atoms with Crippen molar-refractivity contribution in [3.8, 4) is 11.5 Å². The van der Waals surface area contributed by atoms with Crippen molar-refractivity contribution in [1.29, 1.82) is 0 Å². The molecule has 4 rings (SSSR count). The maximum absolute atomic E-state index is 13.9. The summed E-state index contributed by atoms with van der Waals surface area (Å²) in [5.74, 6) is -1.33. The first kappa shape index (κ1) is 17.3. The topological polar surface area (TPSA) is 43.4 Å². The summed E-state index contributed by atoms with van der Waals surface area (Å²) in [6.07, 6.45) is 4.09. The first-order valence-electron chi connectivity index (χ1n) is 9.22. The first-order valence-corrected chi connectivity index (χ1v) is 9.22. The van der Waals surface area contributed by atoms with Gasteiger partial charge in [-0.15, -0.1) is 0 Å². The molecule has 1 aromatic heterocycles. The summed E-state index contributed by atoms with van der Waals surface area (Å²) in [5, 5.41) is 4.37. The Kier molecular flexibility index (Phi) is 4.37. The molecular formula is C20H24F2N2O2. The third-order valence-corrected chi connectivity index (χ3v) is 5.51. The zero-order valence-corrected chi connectivity index (χ0v) is 15.2. The van der Waals surface area contributed by atoms with E-state index in [4.69, 9.17) is 14.5 Å². The Morgan fingerprint density at radius 3 is 2.62 bits per heavy atom. The summed E-state index contributed by atoms with van der Waals surface area (Å²) in [4.78, 5) is 4.80. The molecule has 1 N–H and O–H groups in total. The van der Waals surface area contributed by atoms with Crippen LogP contribution in [0.25, 0.3) is 10.9 Å². The lowest BCUT2D eigenvalue weighted by atomic mass is 9.91. The second kappa shape index (κ2) is 6.56. The number of hydrogen-bond acceptors (Lipinski definition) is 4. The number of nitrogens with zero attached hydrogens (tertiary/aromatic N) is 1.